The van der Waals surface area contributed by atoms with Gasteiger partial charge in [-0.05, 0) is 55.7 Å². The molecule has 2 unspecified atom stereocenters. The molecule has 2 saturated carbocycles. The molecule has 1 nitrogen and oxygen atoms in total. The molecule has 0 heterocycles. The summed E-state index contributed by atoms with van der Waals surface area (Å²) in [5, 5.41) is 3.66. The first-order valence-corrected chi connectivity index (χ1v) is 7.32. The molecule has 18 heavy (non-hydrogen) atoms. The molecule has 0 amide bonds. The topological polar surface area (TPSA) is 12.0 Å². The van der Waals surface area contributed by atoms with Gasteiger partial charge in [-0.1, -0.05) is 24.4 Å². The summed E-state index contributed by atoms with van der Waals surface area (Å²) in [4.78, 5) is 0. The molecule has 98 valence electrons. The van der Waals surface area contributed by atoms with Crippen LogP contribution in [0.3, 0.4) is 0 Å². The number of nitrogens with one attached hydrogen (secondary N) is 1. The first kappa shape index (κ1) is 12.3. The Labute approximate surface area is 113 Å². The van der Waals surface area contributed by atoms with Crippen molar-refractivity contribution in [3.05, 3.63) is 29.0 Å². The average molecular weight is 268 g/mol. The van der Waals surface area contributed by atoms with Crippen molar-refractivity contribution < 1.29 is 4.39 Å². The fraction of sp³-hybridized carbons (Fsp3) is 0.600. The Morgan fingerprint density at radius 3 is 2.67 bits per heavy atom. The Balaban J connectivity index is 1.62. The smallest absolute Gasteiger partial charge is 0.143 e. The Bertz CT molecular complexity index is 431. The molecule has 2 atom stereocenters. The van der Waals surface area contributed by atoms with Gasteiger partial charge >= 0.3 is 0 Å². The van der Waals surface area contributed by atoms with Gasteiger partial charge in [0, 0.05) is 11.7 Å². The van der Waals surface area contributed by atoms with Crippen LogP contribution in [0.15, 0.2) is 18.2 Å². The molecule has 1 N–H and O–H groups in total. The van der Waals surface area contributed by atoms with Crippen LogP contribution in [0.5, 0.6) is 0 Å². The Morgan fingerprint density at radius 2 is 1.94 bits per heavy atom. The molecule has 0 aliphatic heterocycles. The summed E-state index contributed by atoms with van der Waals surface area (Å²) in [6.45, 7) is 0. The van der Waals surface area contributed by atoms with Crippen LogP contribution in [-0.2, 0) is 0 Å². The minimum atomic E-state index is -0.337. The van der Waals surface area contributed by atoms with Crippen LogP contribution in [0, 0.1) is 17.7 Å². The molecule has 0 aromatic heterocycles. The average Bonchev–Trinajstić information content (AvgIpc) is 3.18. The highest BCUT2D eigenvalue weighted by Gasteiger charge is 2.34. The van der Waals surface area contributed by atoms with E-state index >= 15 is 0 Å². The van der Waals surface area contributed by atoms with Crippen LogP contribution < -0.4 is 5.32 Å². The van der Waals surface area contributed by atoms with Crippen LogP contribution in [-0.4, -0.2) is 6.04 Å². The molecule has 0 spiro atoms. The van der Waals surface area contributed by atoms with Gasteiger partial charge in [0.2, 0.25) is 0 Å². The lowest BCUT2D eigenvalue weighted by Crippen LogP contribution is -2.28. The lowest BCUT2D eigenvalue weighted by Gasteiger charge is -2.30. The van der Waals surface area contributed by atoms with E-state index < -0.39 is 0 Å². The van der Waals surface area contributed by atoms with Gasteiger partial charge in [0.25, 0.3) is 0 Å². The van der Waals surface area contributed by atoms with Crippen LogP contribution in [0.25, 0.3) is 0 Å². The summed E-state index contributed by atoms with van der Waals surface area (Å²) in [5.41, 5.74) is 0.860. The Morgan fingerprint density at radius 1 is 1.11 bits per heavy atom. The monoisotopic (exact) mass is 267 g/mol. The maximum atomic E-state index is 13.4. The first-order valence-electron chi connectivity index (χ1n) is 6.94. The van der Waals surface area contributed by atoms with Crippen molar-refractivity contribution in [1.29, 1.82) is 0 Å². The number of benzene rings is 1. The van der Waals surface area contributed by atoms with Crippen LogP contribution >= 0.6 is 11.6 Å². The van der Waals surface area contributed by atoms with Crippen molar-refractivity contribution >= 4 is 17.3 Å². The van der Waals surface area contributed by atoms with E-state index in [1.807, 2.05) is 6.07 Å². The summed E-state index contributed by atoms with van der Waals surface area (Å²) in [6.07, 6.45) is 7.98. The van der Waals surface area contributed by atoms with Gasteiger partial charge in [-0.15, -0.1) is 0 Å². The quantitative estimate of drug-likeness (QED) is 0.825. The van der Waals surface area contributed by atoms with Gasteiger partial charge in [-0.3, -0.25) is 0 Å². The molecule has 2 aliphatic rings. The van der Waals surface area contributed by atoms with Crippen LogP contribution in [0.2, 0.25) is 5.02 Å². The second-order valence-electron chi connectivity index (χ2n) is 5.73. The Kier molecular flexibility index (Phi) is 3.47. The number of rotatable bonds is 3. The number of anilines is 1. The van der Waals surface area contributed by atoms with E-state index in [1.165, 1.54) is 44.6 Å². The molecule has 0 radical (unpaired) electrons. The summed E-state index contributed by atoms with van der Waals surface area (Å²) in [5.74, 6) is 1.54. The summed E-state index contributed by atoms with van der Waals surface area (Å²) in [6, 6.07) is 5.50. The van der Waals surface area contributed by atoms with Crippen molar-refractivity contribution in [3.63, 3.8) is 0 Å². The first-order chi connectivity index (χ1) is 8.72. The number of halogens is 2. The van der Waals surface area contributed by atoms with Crippen molar-refractivity contribution in [2.75, 3.05) is 5.32 Å². The predicted octanol–water partition coefficient (Wildman–Crippen LogP) is 4.86. The molecule has 1 aromatic rings. The number of hydrogen-bond acceptors (Lipinski definition) is 1. The van der Waals surface area contributed by atoms with Crippen molar-refractivity contribution in [2.45, 2.75) is 44.6 Å². The molecular formula is C15H19ClFN. The summed E-state index contributed by atoms with van der Waals surface area (Å²) >= 11 is 5.69. The maximum absolute atomic E-state index is 13.4. The molecule has 3 heteroatoms. The summed E-state index contributed by atoms with van der Waals surface area (Å²) < 4.78 is 13.4. The fourth-order valence-electron chi connectivity index (χ4n) is 3.18. The molecule has 2 fully saturated rings. The van der Waals surface area contributed by atoms with Crippen LogP contribution in [0.1, 0.15) is 38.5 Å². The van der Waals surface area contributed by atoms with E-state index in [4.69, 9.17) is 11.6 Å². The second-order valence-corrected chi connectivity index (χ2v) is 6.14. The van der Waals surface area contributed by atoms with E-state index in [1.54, 1.807) is 6.07 Å². The van der Waals surface area contributed by atoms with Crippen molar-refractivity contribution in [1.82, 2.24) is 0 Å². The van der Waals surface area contributed by atoms with Crippen LogP contribution in [0.4, 0.5) is 10.1 Å². The third-order valence-electron chi connectivity index (χ3n) is 4.29. The lowest BCUT2D eigenvalue weighted by atomic mass is 9.82. The van der Waals surface area contributed by atoms with E-state index in [0.717, 1.165) is 17.5 Å². The molecular weight excluding hydrogens is 249 g/mol. The van der Waals surface area contributed by atoms with Gasteiger partial charge < -0.3 is 5.32 Å². The van der Waals surface area contributed by atoms with E-state index in [-0.39, 0.29) is 10.8 Å². The highest BCUT2D eigenvalue weighted by atomic mass is 35.5. The fourth-order valence-corrected chi connectivity index (χ4v) is 3.29. The third-order valence-corrected chi connectivity index (χ3v) is 4.60. The minimum Gasteiger partial charge on any atom is -0.382 e. The second kappa shape index (κ2) is 5.08. The maximum Gasteiger partial charge on any atom is 0.143 e. The number of hydrogen-bond donors (Lipinski definition) is 1. The van der Waals surface area contributed by atoms with Gasteiger partial charge in [0.1, 0.15) is 5.82 Å². The Hall–Kier alpha value is -0.760. The van der Waals surface area contributed by atoms with Gasteiger partial charge in [-0.2, -0.15) is 0 Å². The molecule has 3 rings (SSSR count). The third kappa shape index (κ3) is 2.80. The van der Waals surface area contributed by atoms with E-state index in [9.17, 15) is 4.39 Å². The van der Waals surface area contributed by atoms with Gasteiger partial charge in [0.05, 0.1) is 5.02 Å². The SMILES string of the molecule is Fc1cc(NC2CCCC(C3CC3)C2)ccc1Cl. The highest BCUT2D eigenvalue weighted by Crippen LogP contribution is 2.44. The normalized spacial score (nSPS) is 28.1. The zero-order valence-corrected chi connectivity index (χ0v) is 11.2. The van der Waals surface area contributed by atoms with E-state index in [0.29, 0.717) is 6.04 Å². The molecule has 1 aromatic carbocycles. The predicted molar refractivity (Wildman–Crippen MR) is 73.5 cm³/mol. The zero-order valence-electron chi connectivity index (χ0n) is 10.5. The van der Waals surface area contributed by atoms with Crippen molar-refractivity contribution in [3.8, 4) is 0 Å². The van der Waals surface area contributed by atoms with E-state index in [2.05, 4.69) is 5.32 Å². The van der Waals surface area contributed by atoms with Gasteiger partial charge in [-0.25, -0.2) is 4.39 Å². The summed E-state index contributed by atoms with van der Waals surface area (Å²) in [7, 11) is 0. The minimum absolute atomic E-state index is 0.194. The van der Waals surface area contributed by atoms with Gasteiger partial charge in [0.15, 0.2) is 0 Å². The lowest BCUT2D eigenvalue weighted by molar-refractivity contribution is 0.303. The highest BCUT2D eigenvalue weighted by molar-refractivity contribution is 6.30. The standard InChI is InChI=1S/C15H19ClFN/c16-14-7-6-13(9-15(14)17)18-12-3-1-2-11(8-12)10-4-5-10/h6-7,9-12,18H,1-5,8H2. The molecule has 0 bridgehead atoms. The largest absolute Gasteiger partial charge is 0.382 e. The zero-order chi connectivity index (χ0) is 12.5. The molecule has 0 saturated heterocycles. The molecule has 2 aliphatic carbocycles. The van der Waals surface area contributed by atoms with Crippen molar-refractivity contribution in [2.24, 2.45) is 11.8 Å².